The molecule has 0 atom stereocenters. The summed E-state index contributed by atoms with van der Waals surface area (Å²) < 4.78 is 2.25. The molecule has 0 amide bonds. The number of anilines is 1. The Hall–Kier alpha value is -2.92. The first kappa shape index (κ1) is 21.0. The van der Waals surface area contributed by atoms with Crippen LogP contribution in [0, 0.1) is 27.7 Å². The quantitative estimate of drug-likeness (QED) is 0.386. The predicted octanol–water partition coefficient (Wildman–Crippen LogP) is 5.73. The summed E-state index contributed by atoms with van der Waals surface area (Å²) in [6.07, 6.45) is 7.45. The van der Waals surface area contributed by atoms with Gasteiger partial charge in [0.05, 0.1) is 11.0 Å². The Morgan fingerprint density at radius 1 is 0.969 bits per heavy atom. The van der Waals surface area contributed by atoms with E-state index in [-0.39, 0.29) is 0 Å². The molecule has 1 aromatic carbocycles. The zero-order chi connectivity index (χ0) is 22.2. The van der Waals surface area contributed by atoms with Crippen molar-refractivity contribution in [2.75, 3.05) is 18.4 Å². The molecule has 3 aromatic heterocycles. The zero-order valence-corrected chi connectivity index (χ0v) is 19.6. The molecule has 2 N–H and O–H groups in total. The van der Waals surface area contributed by atoms with Crippen molar-refractivity contribution in [1.82, 2.24) is 19.7 Å². The Labute approximate surface area is 190 Å². The third kappa shape index (κ3) is 3.86. The molecule has 0 bridgehead atoms. The molecular weight excluding hydrogens is 394 g/mol. The number of hydrogen-bond donors (Lipinski definition) is 2. The number of hydrogen-bond acceptors (Lipinski definition) is 4. The molecule has 4 aromatic rings. The number of nitrogens with one attached hydrogen (secondary N) is 2. The van der Waals surface area contributed by atoms with E-state index in [0.29, 0.717) is 6.04 Å². The minimum absolute atomic E-state index is 0.682. The molecule has 0 unspecified atom stereocenters. The van der Waals surface area contributed by atoms with Gasteiger partial charge in [-0.2, -0.15) is 0 Å². The van der Waals surface area contributed by atoms with Crippen LogP contribution in [0.5, 0.6) is 0 Å². The SMILES string of the molecule is Cc1cc(C)c(-c2cccn3c2cc2nc(C)nc(NCCNC4CCCC4)c23)c(C)c1. The van der Waals surface area contributed by atoms with Crippen molar-refractivity contribution < 1.29 is 0 Å². The highest BCUT2D eigenvalue weighted by atomic mass is 15.1. The summed E-state index contributed by atoms with van der Waals surface area (Å²) in [7, 11) is 0. The van der Waals surface area contributed by atoms with Gasteiger partial charge < -0.3 is 15.0 Å². The monoisotopic (exact) mass is 427 g/mol. The second kappa shape index (κ2) is 8.55. The van der Waals surface area contributed by atoms with Crippen molar-refractivity contribution >= 4 is 22.4 Å². The molecule has 5 nitrogen and oxygen atoms in total. The van der Waals surface area contributed by atoms with E-state index < -0.39 is 0 Å². The molecular formula is C27H33N5. The van der Waals surface area contributed by atoms with Gasteiger partial charge in [-0.3, -0.25) is 0 Å². The van der Waals surface area contributed by atoms with Crippen molar-refractivity contribution in [3.05, 3.63) is 59.0 Å². The molecule has 1 fully saturated rings. The number of nitrogens with zero attached hydrogens (tertiary/aromatic N) is 3. The maximum Gasteiger partial charge on any atom is 0.154 e. The van der Waals surface area contributed by atoms with Crippen LogP contribution in [0.3, 0.4) is 0 Å². The number of fused-ring (bicyclic) bond motifs is 3. The third-order valence-corrected chi connectivity index (χ3v) is 6.72. The van der Waals surface area contributed by atoms with Gasteiger partial charge in [-0.1, -0.05) is 36.6 Å². The van der Waals surface area contributed by atoms with Crippen molar-refractivity contribution in [1.29, 1.82) is 0 Å². The van der Waals surface area contributed by atoms with Gasteiger partial charge in [0.2, 0.25) is 0 Å². The lowest BCUT2D eigenvalue weighted by atomic mass is 9.94. The molecule has 3 heterocycles. The van der Waals surface area contributed by atoms with Crippen LogP contribution in [-0.4, -0.2) is 33.5 Å². The van der Waals surface area contributed by atoms with Gasteiger partial charge in [-0.15, -0.1) is 0 Å². The minimum Gasteiger partial charge on any atom is -0.367 e. The van der Waals surface area contributed by atoms with Gasteiger partial charge in [0.1, 0.15) is 11.3 Å². The topological polar surface area (TPSA) is 54.2 Å². The van der Waals surface area contributed by atoms with E-state index in [1.807, 2.05) is 6.92 Å². The number of aromatic nitrogens is 3. The van der Waals surface area contributed by atoms with Crippen LogP contribution in [0.1, 0.15) is 48.2 Å². The first-order chi connectivity index (χ1) is 15.5. The van der Waals surface area contributed by atoms with Crippen LogP contribution >= 0.6 is 0 Å². The average molecular weight is 428 g/mol. The Balaban J connectivity index is 1.54. The fraction of sp³-hybridized carbons (Fsp3) is 0.407. The van der Waals surface area contributed by atoms with Crippen LogP contribution in [0.15, 0.2) is 36.5 Å². The van der Waals surface area contributed by atoms with Crippen LogP contribution in [0.2, 0.25) is 0 Å². The number of rotatable bonds is 6. The van der Waals surface area contributed by atoms with E-state index in [1.165, 1.54) is 59.0 Å². The lowest BCUT2D eigenvalue weighted by molar-refractivity contribution is 0.536. The van der Waals surface area contributed by atoms with Gasteiger partial charge in [-0.25, -0.2) is 9.97 Å². The standard InChI is InChI=1S/C27H33N5/c1-17-14-18(2)25(19(3)15-17)22-10-7-13-32-24(22)16-23-26(32)27(31-20(4)30-23)29-12-11-28-21-8-5-6-9-21/h7,10,13-16,21,28H,5-6,8-9,11-12H2,1-4H3,(H,29,30,31). The molecule has 32 heavy (non-hydrogen) atoms. The van der Waals surface area contributed by atoms with E-state index in [9.17, 15) is 0 Å². The van der Waals surface area contributed by atoms with E-state index in [1.54, 1.807) is 0 Å². The summed E-state index contributed by atoms with van der Waals surface area (Å²) in [4.78, 5) is 9.54. The number of pyridine rings is 1. The van der Waals surface area contributed by atoms with Crippen molar-refractivity contribution in [3.8, 4) is 11.1 Å². The molecule has 1 aliphatic carbocycles. The van der Waals surface area contributed by atoms with Crippen LogP contribution in [0.4, 0.5) is 5.82 Å². The molecule has 1 saturated carbocycles. The highest BCUT2D eigenvalue weighted by Gasteiger charge is 2.17. The summed E-state index contributed by atoms with van der Waals surface area (Å²) in [5, 5.41) is 7.27. The summed E-state index contributed by atoms with van der Waals surface area (Å²) in [6.45, 7) is 10.3. The Bertz CT molecular complexity index is 1260. The van der Waals surface area contributed by atoms with Gasteiger partial charge in [0.15, 0.2) is 5.82 Å². The Morgan fingerprint density at radius 3 is 2.47 bits per heavy atom. The average Bonchev–Trinajstić information content (AvgIpc) is 3.38. The predicted molar refractivity (Wildman–Crippen MR) is 134 cm³/mol. The lowest BCUT2D eigenvalue weighted by Crippen LogP contribution is -2.30. The van der Waals surface area contributed by atoms with Gasteiger partial charge in [0.25, 0.3) is 0 Å². The fourth-order valence-electron chi connectivity index (χ4n) is 5.45. The second-order valence-electron chi connectivity index (χ2n) is 9.31. The normalized spacial score (nSPS) is 14.6. The molecule has 1 aliphatic rings. The molecule has 0 spiro atoms. The fourth-order valence-corrected chi connectivity index (χ4v) is 5.45. The highest BCUT2D eigenvalue weighted by molar-refractivity contribution is 5.97. The summed E-state index contributed by atoms with van der Waals surface area (Å²) in [5.41, 5.74) is 9.67. The summed E-state index contributed by atoms with van der Waals surface area (Å²) in [6, 6.07) is 11.8. The second-order valence-corrected chi connectivity index (χ2v) is 9.31. The van der Waals surface area contributed by atoms with E-state index in [2.05, 4.69) is 72.3 Å². The van der Waals surface area contributed by atoms with Crippen molar-refractivity contribution in [3.63, 3.8) is 0 Å². The Morgan fingerprint density at radius 2 is 1.72 bits per heavy atom. The first-order valence-corrected chi connectivity index (χ1v) is 11.8. The Kier molecular flexibility index (Phi) is 5.60. The molecule has 0 saturated heterocycles. The van der Waals surface area contributed by atoms with Crippen LogP contribution in [-0.2, 0) is 0 Å². The highest BCUT2D eigenvalue weighted by Crippen LogP contribution is 2.35. The van der Waals surface area contributed by atoms with E-state index >= 15 is 0 Å². The third-order valence-electron chi connectivity index (χ3n) is 6.72. The maximum absolute atomic E-state index is 4.77. The summed E-state index contributed by atoms with van der Waals surface area (Å²) in [5.74, 6) is 1.71. The zero-order valence-electron chi connectivity index (χ0n) is 19.6. The molecule has 0 aliphatic heterocycles. The lowest BCUT2D eigenvalue weighted by Gasteiger charge is -2.14. The minimum atomic E-state index is 0.682. The summed E-state index contributed by atoms with van der Waals surface area (Å²) >= 11 is 0. The van der Waals surface area contributed by atoms with Crippen LogP contribution in [0.25, 0.3) is 27.7 Å². The molecule has 166 valence electrons. The van der Waals surface area contributed by atoms with E-state index in [0.717, 1.165) is 35.8 Å². The first-order valence-electron chi connectivity index (χ1n) is 11.8. The number of benzene rings is 1. The number of aryl methyl sites for hydroxylation is 4. The van der Waals surface area contributed by atoms with Crippen molar-refractivity contribution in [2.45, 2.75) is 59.4 Å². The molecule has 5 rings (SSSR count). The largest absolute Gasteiger partial charge is 0.367 e. The van der Waals surface area contributed by atoms with E-state index in [4.69, 9.17) is 9.97 Å². The van der Waals surface area contributed by atoms with Crippen molar-refractivity contribution in [2.24, 2.45) is 0 Å². The van der Waals surface area contributed by atoms with Crippen LogP contribution < -0.4 is 10.6 Å². The van der Waals surface area contributed by atoms with Gasteiger partial charge in [-0.05, 0) is 69.4 Å². The van der Waals surface area contributed by atoms with Gasteiger partial charge >= 0.3 is 0 Å². The smallest absolute Gasteiger partial charge is 0.154 e. The molecule has 0 radical (unpaired) electrons. The van der Waals surface area contributed by atoms with Gasteiger partial charge in [0, 0.05) is 30.9 Å². The maximum atomic E-state index is 4.77. The molecule has 5 heteroatoms.